The van der Waals surface area contributed by atoms with Gasteiger partial charge in [0.1, 0.15) is 12.0 Å². The summed E-state index contributed by atoms with van der Waals surface area (Å²) < 4.78 is 20.6. The number of aliphatic hydroxyl groups excluding tert-OH is 1. The summed E-state index contributed by atoms with van der Waals surface area (Å²) in [6, 6.07) is 8.60. The van der Waals surface area contributed by atoms with Crippen molar-refractivity contribution in [3.63, 3.8) is 0 Å². The van der Waals surface area contributed by atoms with Gasteiger partial charge in [-0.05, 0) is 62.9 Å². The van der Waals surface area contributed by atoms with Crippen molar-refractivity contribution in [1.29, 1.82) is 0 Å². The summed E-state index contributed by atoms with van der Waals surface area (Å²) in [6.45, 7) is 7.29. The van der Waals surface area contributed by atoms with E-state index in [9.17, 15) is 14.3 Å². The van der Waals surface area contributed by atoms with Crippen molar-refractivity contribution in [2.45, 2.75) is 57.2 Å². The maximum Gasteiger partial charge on any atom is 0.356 e. The number of piperazine rings is 1. The van der Waals surface area contributed by atoms with Crippen LogP contribution < -0.4 is 4.90 Å². The number of methoxy groups -OCH3 is 1. The normalized spacial score (nSPS) is 20.8. The van der Waals surface area contributed by atoms with Crippen LogP contribution in [0.25, 0.3) is 16.7 Å². The van der Waals surface area contributed by atoms with Gasteiger partial charge in [0.2, 0.25) is 0 Å². The molecular formula is C29H37FN6O3. The molecule has 1 aliphatic carbocycles. The van der Waals surface area contributed by atoms with E-state index in [1.165, 1.54) is 25.7 Å². The molecule has 0 bridgehead atoms. The minimum atomic E-state index is -0.485. The lowest BCUT2D eigenvalue weighted by Gasteiger charge is -2.44. The Morgan fingerprint density at radius 3 is 2.33 bits per heavy atom. The molecule has 1 unspecified atom stereocenters. The van der Waals surface area contributed by atoms with Gasteiger partial charge in [-0.25, -0.2) is 18.9 Å². The first-order chi connectivity index (χ1) is 18.9. The maximum absolute atomic E-state index is 13.7. The molecule has 2 aliphatic heterocycles. The summed E-state index contributed by atoms with van der Waals surface area (Å²) in [4.78, 5) is 24.5. The first-order valence-corrected chi connectivity index (χ1v) is 14.1. The van der Waals surface area contributed by atoms with E-state index in [0.717, 1.165) is 81.7 Å². The first kappa shape index (κ1) is 26.2. The third-order valence-electron chi connectivity index (χ3n) is 8.80. The molecule has 4 heterocycles. The smallest absolute Gasteiger partial charge is 0.356 e. The monoisotopic (exact) mass is 536 g/mol. The first-order valence-electron chi connectivity index (χ1n) is 14.1. The van der Waals surface area contributed by atoms with Crippen LogP contribution in [0.4, 0.5) is 10.1 Å². The third kappa shape index (κ3) is 5.01. The number of pyridine rings is 1. The molecule has 0 radical (unpaired) electrons. The van der Waals surface area contributed by atoms with Crippen LogP contribution in [-0.2, 0) is 4.74 Å². The Balaban J connectivity index is 1.34. The van der Waals surface area contributed by atoms with Gasteiger partial charge in [0, 0.05) is 51.2 Å². The quantitative estimate of drug-likeness (QED) is 0.479. The number of aliphatic hydroxyl groups is 1. The predicted octanol–water partition coefficient (Wildman–Crippen LogP) is 3.54. The number of aromatic nitrogens is 3. The average Bonchev–Trinajstić information content (AvgIpc) is 3.30. The van der Waals surface area contributed by atoms with Crippen LogP contribution in [0.3, 0.4) is 0 Å². The Morgan fingerprint density at radius 1 is 1.05 bits per heavy atom. The Hall–Kier alpha value is -3.08. The molecule has 39 heavy (non-hydrogen) atoms. The predicted molar refractivity (Wildman–Crippen MR) is 147 cm³/mol. The lowest BCUT2D eigenvalue weighted by Crippen LogP contribution is -2.54. The number of anilines is 1. The summed E-state index contributed by atoms with van der Waals surface area (Å²) in [5.41, 5.74) is 3.56. The lowest BCUT2D eigenvalue weighted by molar-refractivity contribution is -0.0231. The van der Waals surface area contributed by atoms with Crippen molar-refractivity contribution in [2.24, 2.45) is 0 Å². The van der Waals surface area contributed by atoms with E-state index in [0.29, 0.717) is 23.3 Å². The second-order valence-electron chi connectivity index (χ2n) is 11.0. The van der Waals surface area contributed by atoms with Crippen LogP contribution in [0.2, 0.25) is 0 Å². The Labute approximate surface area is 228 Å². The minimum absolute atomic E-state index is 0.250. The lowest BCUT2D eigenvalue weighted by atomic mass is 9.82. The number of fused-ring (bicyclic) bond motifs is 1. The van der Waals surface area contributed by atoms with Crippen molar-refractivity contribution in [3.05, 3.63) is 47.5 Å². The van der Waals surface area contributed by atoms with E-state index >= 15 is 0 Å². The van der Waals surface area contributed by atoms with Crippen LogP contribution in [0, 0.1) is 5.82 Å². The highest BCUT2D eigenvalue weighted by Gasteiger charge is 2.33. The van der Waals surface area contributed by atoms with Crippen LogP contribution >= 0.6 is 0 Å². The van der Waals surface area contributed by atoms with E-state index in [1.807, 2.05) is 13.0 Å². The highest BCUT2D eigenvalue weighted by atomic mass is 19.1. The number of piperidine rings is 1. The van der Waals surface area contributed by atoms with E-state index in [2.05, 4.69) is 14.7 Å². The summed E-state index contributed by atoms with van der Waals surface area (Å²) >= 11 is 0. The van der Waals surface area contributed by atoms with E-state index < -0.39 is 12.2 Å². The van der Waals surface area contributed by atoms with Crippen LogP contribution in [-0.4, -0.2) is 94.3 Å². The summed E-state index contributed by atoms with van der Waals surface area (Å²) in [7, 11) is 1.37. The molecule has 3 aliphatic rings. The van der Waals surface area contributed by atoms with Crippen LogP contribution in [0.5, 0.6) is 0 Å². The van der Waals surface area contributed by atoms with Gasteiger partial charge >= 0.3 is 5.97 Å². The summed E-state index contributed by atoms with van der Waals surface area (Å²) in [6.07, 6.45) is 4.98. The Morgan fingerprint density at radius 2 is 1.74 bits per heavy atom. The van der Waals surface area contributed by atoms with Gasteiger partial charge in [-0.3, -0.25) is 9.80 Å². The Bertz CT molecular complexity index is 1320. The van der Waals surface area contributed by atoms with Crippen molar-refractivity contribution in [2.75, 3.05) is 51.3 Å². The molecule has 1 saturated carbocycles. The van der Waals surface area contributed by atoms with Gasteiger partial charge in [-0.1, -0.05) is 6.42 Å². The molecule has 1 aromatic carbocycles. The number of nitrogens with zero attached hydrogens (tertiary/aromatic N) is 6. The molecule has 6 rings (SSSR count). The SMILES string of the molecule is COC(=O)c1cc(N2CCC(N3CCN(C(C)O)CC3)CC2)c2c(C3CCC3)nn(-c3ccc(F)cc3)c2n1. The second-order valence-corrected chi connectivity index (χ2v) is 11.0. The molecule has 1 N–H and O–H groups in total. The second kappa shape index (κ2) is 10.8. The van der Waals surface area contributed by atoms with E-state index in [4.69, 9.17) is 14.8 Å². The number of halogens is 1. The number of hydrogen-bond donors (Lipinski definition) is 1. The molecule has 3 fully saturated rings. The third-order valence-corrected chi connectivity index (χ3v) is 8.80. The molecule has 0 spiro atoms. The van der Waals surface area contributed by atoms with Gasteiger partial charge in [0.05, 0.1) is 29.6 Å². The van der Waals surface area contributed by atoms with Crippen molar-refractivity contribution < 1.29 is 19.0 Å². The number of rotatable bonds is 6. The number of esters is 1. The van der Waals surface area contributed by atoms with Crippen molar-refractivity contribution in [3.8, 4) is 5.69 Å². The zero-order valence-corrected chi connectivity index (χ0v) is 22.7. The molecule has 0 amide bonds. The highest BCUT2D eigenvalue weighted by molar-refractivity contribution is 5.99. The van der Waals surface area contributed by atoms with E-state index in [-0.39, 0.29) is 11.5 Å². The minimum Gasteiger partial charge on any atom is -0.464 e. The standard InChI is InChI=1S/C29H37FN6O3/c1-19(37)33-14-16-34(17-15-33)22-10-12-35(13-11-22)25-18-24(29(38)39-2)31-28-26(25)27(20-4-3-5-20)32-36(28)23-8-6-21(30)7-9-23/h6-9,18-20,22,37H,3-5,10-17H2,1-2H3. The van der Waals surface area contributed by atoms with Crippen molar-refractivity contribution >= 4 is 22.7 Å². The van der Waals surface area contributed by atoms with Crippen molar-refractivity contribution in [1.82, 2.24) is 24.6 Å². The van der Waals surface area contributed by atoms with Crippen LogP contribution in [0.1, 0.15) is 61.1 Å². The van der Waals surface area contributed by atoms with Gasteiger partial charge in [-0.2, -0.15) is 5.10 Å². The molecule has 3 aromatic rings. The maximum atomic E-state index is 13.7. The van der Waals surface area contributed by atoms with Gasteiger partial charge in [-0.15, -0.1) is 0 Å². The largest absolute Gasteiger partial charge is 0.464 e. The van der Waals surface area contributed by atoms with E-state index in [1.54, 1.807) is 16.8 Å². The number of carbonyl (C=O) groups excluding carboxylic acids is 1. The highest BCUT2D eigenvalue weighted by Crippen LogP contribution is 2.43. The zero-order chi connectivity index (χ0) is 27.1. The van der Waals surface area contributed by atoms with Crippen LogP contribution in [0.15, 0.2) is 30.3 Å². The molecule has 2 aromatic heterocycles. The number of benzene rings is 1. The Kier molecular flexibility index (Phi) is 7.26. The zero-order valence-electron chi connectivity index (χ0n) is 22.7. The summed E-state index contributed by atoms with van der Waals surface area (Å²) in [5, 5.41) is 15.9. The molecule has 10 heteroatoms. The molecule has 2 saturated heterocycles. The number of ether oxygens (including phenoxy) is 1. The molecule has 9 nitrogen and oxygen atoms in total. The number of carbonyl (C=O) groups is 1. The number of hydrogen-bond acceptors (Lipinski definition) is 8. The average molecular weight is 537 g/mol. The fraction of sp³-hybridized carbons (Fsp3) is 0.552. The molecule has 1 atom stereocenters. The van der Waals surface area contributed by atoms with Gasteiger partial charge in [0.15, 0.2) is 11.3 Å². The van der Waals surface area contributed by atoms with Gasteiger partial charge in [0.25, 0.3) is 0 Å². The molecular weight excluding hydrogens is 499 g/mol. The topological polar surface area (TPSA) is 87.0 Å². The molecule has 208 valence electrons. The van der Waals surface area contributed by atoms with Gasteiger partial charge < -0.3 is 14.7 Å². The fourth-order valence-corrected chi connectivity index (χ4v) is 6.26. The summed E-state index contributed by atoms with van der Waals surface area (Å²) in [5.74, 6) is -0.448. The fourth-order valence-electron chi connectivity index (χ4n) is 6.26.